The van der Waals surface area contributed by atoms with Crippen LogP contribution in [0.3, 0.4) is 0 Å². The molecule has 1 N–H and O–H groups in total. The van der Waals surface area contributed by atoms with E-state index in [2.05, 4.69) is 5.32 Å². The van der Waals surface area contributed by atoms with Crippen LogP contribution in [0.4, 0.5) is 0 Å². The van der Waals surface area contributed by atoms with Crippen molar-refractivity contribution in [2.75, 3.05) is 6.61 Å². The zero-order valence-corrected chi connectivity index (χ0v) is 14.0. The highest BCUT2D eigenvalue weighted by molar-refractivity contribution is 7.79. The Bertz CT molecular complexity index is 702. The van der Waals surface area contributed by atoms with Crippen LogP contribution in [-0.2, 0) is 54.8 Å². The predicted octanol–water partition coefficient (Wildman–Crippen LogP) is 0.917. The monoisotopic (exact) mass is 337 g/mol. The van der Waals surface area contributed by atoms with E-state index in [0.29, 0.717) is 25.2 Å². The van der Waals surface area contributed by atoms with Crippen LogP contribution in [0, 0.1) is 0 Å². The number of rotatable bonds is 3. The Balaban J connectivity index is 1.95. The smallest absolute Gasteiger partial charge is 0.332 e. The van der Waals surface area contributed by atoms with Gasteiger partial charge in [0.2, 0.25) is 5.91 Å². The third-order valence-electron chi connectivity index (χ3n) is 4.21. The maximum absolute atomic E-state index is 12.4. The first-order valence-electron chi connectivity index (χ1n) is 7.54. The number of carbonyl (C=O) groups is 2. The first-order valence-corrected chi connectivity index (χ1v) is 8.79. The Morgan fingerprint density at radius 1 is 1.26 bits per heavy atom. The molecule has 1 aliphatic heterocycles. The number of carbonyl (C=O) groups excluding carboxylic acids is 2. The first-order chi connectivity index (χ1) is 10.9. The number of ether oxygens (including phenoxy) is 1. The molecule has 124 valence electrons. The summed E-state index contributed by atoms with van der Waals surface area (Å²) < 4.78 is 21.9. The average Bonchev–Trinajstić information content (AvgIpc) is 2.82. The fraction of sp³-hybridized carbons (Fsp3) is 0.500. The molecule has 23 heavy (non-hydrogen) atoms. The summed E-state index contributed by atoms with van der Waals surface area (Å²) in [6.07, 6.45) is 0.790. The minimum absolute atomic E-state index is 0.264. The van der Waals surface area contributed by atoms with Crippen molar-refractivity contribution in [2.45, 2.75) is 44.6 Å². The molecule has 0 aromatic heterocycles. The summed E-state index contributed by atoms with van der Waals surface area (Å²) in [6.45, 7) is 3.71. The molecule has 1 unspecified atom stereocenters. The number of nitrogens with one attached hydrogen (secondary N) is 1. The fourth-order valence-corrected chi connectivity index (χ4v) is 4.15. The number of benzene rings is 1. The van der Waals surface area contributed by atoms with Crippen LogP contribution in [0.5, 0.6) is 0 Å². The predicted molar refractivity (Wildman–Crippen MR) is 83.7 cm³/mol. The maximum Gasteiger partial charge on any atom is 0.332 e. The second kappa shape index (κ2) is 6.05. The molecular formula is C16H19NO5S. The van der Waals surface area contributed by atoms with Gasteiger partial charge in [-0.25, -0.2) is 9.00 Å². The summed E-state index contributed by atoms with van der Waals surface area (Å²) in [5, 5.41) is 2.78. The summed E-state index contributed by atoms with van der Waals surface area (Å²) in [7, 11) is 0. The molecule has 1 aromatic carbocycles. The highest BCUT2D eigenvalue weighted by Crippen LogP contribution is 2.35. The average molecular weight is 337 g/mol. The first kappa shape index (κ1) is 16.1. The van der Waals surface area contributed by atoms with Crippen LogP contribution >= 0.6 is 0 Å². The Kier molecular flexibility index (Phi) is 4.25. The summed E-state index contributed by atoms with van der Waals surface area (Å²) in [6, 6.07) is 3.97. The standard InChI is InChI=1S/C16H19NO5S/c1-3-21-15(19)16(17-10(2)18)6-11-4-13-8-22-23(20)9-14(13)5-12(11)7-16/h4-5H,3,6-9H2,1-2H3,(H,17,18)/t16-,23?/m0/s1. The Morgan fingerprint density at radius 3 is 2.52 bits per heavy atom. The van der Waals surface area contributed by atoms with Crippen molar-refractivity contribution in [3.8, 4) is 0 Å². The lowest BCUT2D eigenvalue weighted by molar-refractivity contribution is -0.152. The van der Waals surface area contributed by atoms with Gasteiger partial charge in [0.15, 0.2) is 11.1 Å². The molecule has 0 saturated heterocycles. The van der Waals surface area contributed by atoms with Crippen molar-refractivity contribution >= 4 is 23.0 Å². The fourth-order valence-electron chi connectivity index (χ4n) is 3.29. The number of hydrogen-bond donors (Lipinski definition) is 1. The lowest BCUT2D eigenvalue weighted by Crippen LogP contribution is -2.55. The summed E-state index contributed by atoms with van der Waals surface area (Å²) in [5.41, 5.74) is 2.92. The molecule has 1 aliphatic carbocycles. The molecule has 0 radical (unpaired) electrons. The Labute approximate surface area is 137 Å². The third-order valence-corrected chi connectivity index (χ3v) is 5.13. The number of esters is 1. The van der Waals surface area contributed by atoms with E-state index in [-0.39, 0.29) is 12.5 Å². The lowest BCUT2D eigenvalue weighted by atomic mass is 9.95. The number of fused-ring (bicyclic) bond motifs is 2. The van der Waals surface area contributed by atoms with Crippen LogP contribution in [0.25, 0.3) is 0 Å². The highest BCUT2D eigenvalue weighted by atomic mass is 32.2. The van der Waals surface area contributed by atoms with Crippen LogP contribution in [0.15, 0.2) is 12.1 Å². The molecule has 2 aliphatic rings. The molecule has 7 heteroatoms. The number of amides is 1. The van der Waals surface area contributed by atoms with Gasteiger partial charge in [0.1, 0.15) is 5.54 Å². The van der Waals surface area contributed by atoms with E-state index in [1.807, 2.05) is 12.1 Å². The molecule has 0 bridgehead atoms. The molecule has 3 rings (SSSR count). The maximum atomic E-state index is 12.4. The Hall–Kier alpha value is -1.73. The molecule has 1 amide bonds. The van der Waals surface area contributed by atoms with E-state index in [0.717, 1.165) is 22.3 Å². The van der Waals surface area contributed by atoms with Gasteiger partial charge in [-0.2, -0.15) is 0 Å². The molecular weight excluding hydrogens is 318 g/mol. The van der Waals surface area contributed by atoms with Crippen molar-refractivity contribution < 1.29 is 22.7 Å². The van der Waals surface area contributed by atoms with Crippen molar-refractivity contribution in [2.24, 2.45) is 0 Å². The quantitative estimate of drug-likeness (QED) is 0.830. The normalized spacial score (nSPS) is 25.4. The number of hydrogen-bond acceptors (Lipinski definition) is 5. The minimum atomic E-state index is -1.30. The Morgan fingerprint density at radius 2 is 1.91 bits per heavy atom. The second-order valence-corrected chi connectivity index (χ2v) is 7.07. The molecule has 1 aromatic rings. The van der Waals surface area contributed by atoms with Crippen molar-refractivity contribution in [3.05, 3.63) is 34.4 Å². The molecule has 6 nitrogen and oxygen atoms in total. The van der Waals surface area contributed by atoms with Crippen molar-refractivity contribution in [1.29, 1.82) is 0 Å². The van der Waals surface area contributed by atoms with E-state index in [9.17, 15) is 13.8 Å². The highest BCUT2D eigenvalue weighted by Gasteiger charge is 2.46. The van der Waals surface area contributed by atoms with Crippen LogP contribution in [0.1, 0.15) is 36.1 Å². The molecule has 0 saturated carbocycles. The van der Waals surface area contributed by atoms with Gasteiger partial charge in [-0.3, -0.25) is 8.98 Å². The van der Waals surface area contributed by atoms with Crippen molar-refractivity contribution in [1.82, 2.24) is 5.32 Å². The zero-order valence-electron chi connectivity index (χ0n) is 13.1. The second-order valence-electron chi connectivity index (χ2n) is 5.94. The van der Waals surface area contributed by atoms with Gasteiger partial charge in [-0.05, 0) is 29.2 Å². The largest absolute Gasteiger partial charge is 0.464 e. The topological polar surface area (TPSA) is 81.7 Å². The molecule has 1 heterocycles. The molecule has 2 atom stereocenters. The van der Waals surface area contributed by atoms with Crippen LogP contribution in [0.2, 0.25) is 0 Å². The summed E-state index contributed by atoms with van der Waals surface area (Å²) in [4.78, 5) is 24.0. The van der Waals surface area contributed by atoms with Crippen molar-refractivity contribution in [3.63, 3.8) is 0 Å². The van der Waals surface area contributed by atoms with Gasteiger partial charge in [-0.1, -0.05) is 12.1 Å². The van der Waals surface area contributed by atoms with Gasteiger partial charge >= 0.3 is 5.97 Å². The molecule has 0 spiro atoms. The van der Waals surface area contributed by atoms with Gasteiger partial charge in [-0.15, -0.1) is 0 Å². The van der Waals surface area contributed by atoms with E-state index in [4.69, 9.17) is 8.92 Å². The van der Waals surface area contributed by atoms with Gasteiger partial charge in [0.25, 0.3) is 0 Å². The summed E-state index contributed by atoms with van der Waals surface area (Å²) in [5.74, 6) is -0.320. The van der Waals surface area contributed by atoms with E-state index < -0.39 is 22.6 Å². The zero-order chi connectivity index (χ0) is 16.6. The SMILES string of the molecule is CCOC(=O)[C@]1(NC(C)=O)Cc2cc3c(cc2C1)CS(=O)OC3. The lowest BCUT2D eigenvalue weighted by Gasteiger charge is -2.27. The van der Waals surface area contributed by atoms with E-state index in [1.165, 1.54) is 6.92 Å². The van der Waals surface area contributed by atoms with Gasteiger partial charge < -0.3 is 10.1 Å². The minimum Gasteiger partial charge on any atom is -0.464 e. The molecule has 0 fully saturated rings. The summed E-state index contributed by atoms with van der Waals surface area (Å²) >= 11 is -1.30. The van der Waals surface area contributed by atoms with Crippen LogP contribution < -0.4 is 5.32 Å². The van der Waals surface area contributed by atoms with E-state index >= 15 is 0 Å². The van der Waals surface area contributed by atoms with Gasteiger partial charge in [0, 0.05) is 19.8 Å². The third kappa shape index (κ3) is 3.03. The van der Waals surface area contributed by atoms with Gasteiger partial charge in [0.05, 0.1) is 19.0 Å². The van der Waals surface area contributed by atoms with E-state index in [1.54, 1.807) is 6.92 Å². The van der Waals surface area contributed by atoms with Crippen LogP contribution in [-0.4, -0.2) is 28.2 Å².